The Kier molecular flexibility index (Phi) is 17.1. The zero-order chi connectivity index (χ0) is 19.6. The van der Waals surface area contributed by atoms with Crippen molar-refractivity contribution in [2.24, 2.45) is 0 Å². The van der Waals surface area contributed by atoms with E-state index in [1.54, 1.807) is 23.3 Å². The van der Waals surface area contributed by atoms with Crippen LogP contribution in [-0.2, 0) is 34.2 Å². The van der Waals surface area contributed by atoms with Crippen LogP contribution in [-0.4, -0.2) is 19.9 Å². The van der Waals surface area contributed by atoms with Crippen LogP contribution in [0.4, 0.5) is 0 Å². The van der Waals surface area contributed by atoms with Crippen LogP contribution in [0.2, 0.25) is 32.7 Å². The monoisotopic (exact) mass is 528 g/mol. The first-order valence-corrected chi connectivity index (χ1v) is 18.8. The molecule has 3 aromatic carbocycles. The molecule has 3 rings (SSSR count). The van der Waals surface area contributed by atoms with E-state index in [1.807, 2.05) is 0 Å². The van der Waals surface area contributed by atoms with Gasteiger partial charge in [0.1, 0.15) is 0 Å². The van der Waals surface area contributed by atoms with E-state index in [9.17, 15) is 0 Å². The number of rotatable bonds is 4. The Morgan fingerprint density at radius 2 is 1.57 bits per heavy atom. The summed E-state index contributed by atoms with van der Waals surface area (Å²) in [5, 5.41) is 2.66. The first-order valence-electron chi connectivity index (χ1n) is 9.18. The fourth-order valence-electron chi connectivity index (χ4n) is 2.60. The number of hydrogen-bond donors (Lipinski definition) is 0. The summed E-state index contributed by atoms with van der Waals surface area (Å²) in [5.74, 6) is 0. The Bertz CT molecular complexity index is 730. The van der Waals surface area contributed by atoms with Crippen molar-refractivity contribution in [2.45, 2.75) is 52.2 Å². The second-order valence-corrected chi connectivity index (χ2v) is 21.5. The van der Waals surface area contributed by atoms with Gasteiger partial charge in [0.25, 0.3) is 0 Å². The average Bonchev–Trinajstić information content (AvgIpc) is 3.15. The molecule has 0 radical (unpaired) electrons. The fraction of sp³-hybridized carbons (Fsp3) is 0.364. The average molecular weight is 531 g/mol. The SMILES string of the molecule is CC(C[c-]1cccc1)O[Si](C)(C)C.C[Si](C)=[Zr+2].[Cl-].[Cl-].c1ccc2[cH-]ccc2c1. The molecule has 0 heterocycles. The van der Waals surface area contributed by atoms with Crippen molar-refractivity contribution in [3.05, 3.63) is 72.3 Å². The molecule has 0 saturated carbocycles. The Morgan fingerprint density at radius 1 is 1.04 bits per heavy atom. The van der Waals surface area contributed by atoms with E-state index in [4.69, 9.17) is 4.43 Å². The molecule has 0 aliphatic carbocycles. The third kappa shape index (κ3) is 15.0. The maximum absolute atomic E-state index is 5.95. The van der Waals surface area contributed by atoms with E-state index in [0.29, 0.717) is 6.10 Å². The van der Waals surface area contributed by atoms with Crippen LogP contribution in [0.1, 0.15) is 12.5 Å². The van der Waals surface area contributed by atoms with Crippen LogP contribution >= 0.6 is 0 Å². The van der Waals surface area contributed by atoms with E-state index >= 15 is 0 Å². The predicted octanol–water partition coefficient (Wildman–Crippen LogP) is 0.539. The summed E-state index contributed by atoms with van der Waals surface area (Å²) in [6.07, 6.45) is 1.39. The molecule has 0 N–H and O–H groups in total. The zero-order valence-electron chi connectivity index (χ0n) is 17.8. The van der Waals surface area contributed by atoms with Gasteiger partial charge in [-0.05, 0) is 33.0 Å². The molecule has 6 heteroatoms. The van der Waals surface area contributed by atoms with E-state index in [0.717, 1.165) is 6.42 Å². The third-order valence-corrected chi connectivity index (χ3v) is 4.47. The summed E-state index contributed by atoms with van der Waals surface area (Å²) in [5.41, 5.74) is 1.59. The van der Waals surface area contributed by atoms with Crippen LogP contribution in [0.25, 0.3) is 10.8 Å². The second kappa shape index (κ2) is 15.8. The van der Waals surface area contributed by atoms with E-state index in [2.05, 4.69) is 106 Å². The van der Waals surface area contributed by atoms with Gasteiger partial charge in [-0.3, -0.25) is 0 Å². The van der Waals surface area contributed by atoms with Crippen molar-refractivity contribution in [1.29, 1.82) is 0 Å². The van der Waals surface area contributed by atoms with Crippen molar-refractivity contribution >= 4 is 24.5 Å². The van der Waals surface area contributed by atoms with Gasteiger partial charge in [-0.25, -0.2) is 12.1 Å². The van der Waals surface area contributed by atoms with Crippen LogP contribution in [0.5, 0.6) is 0 Å². The Morgan fingerprint density at radius 3 is 2.07 bits per heavy atom. The van der Waals surface area contributed by atoms with Gasteiger partial charge < -0.3 is 29.2 Å². The van der Waals surface area contributed by atoms with Crippen LogP contribution in [0, 0.1) is 0 Å². The van der Waals surface area contributed by atoms with Crippen molar-refractivity contribution in [1.82, 2.24) is 0 Å². The fourth-order valence-corrected chi connectivity index (χ4v) is 3.89. The van der Waals surface area contributed by atoms with Gasteiger partial charge in [0, 0.05) is 6.10 Å². The molecular weight excluding hydrogens is 499 g/mol. The predicted molar refractivity (Wildman–Crippen MR) is 117 cm³/mol. The van der Waals surface area contributed by atoms with Gasteiger partial charge in [-0.2, -0.15) is 35.2 Å². The Labute approximate surface area is 200 Å². The van der Waals surface area contributed by atoms with Gasteiger partial charge in [0.05, 0.1) is 0 Å². The molecule has 1 unspecified atom stereocenters. The molecule has 154 valence electrons. The van der Waals surface area contributed by atoms with Crippen molar-refractivity contribution < 1.29 is 52.6 Å². The summed E-state index contributed by atoms with van der Waals surface area (Å²) >= 11 is 1.74. The molecule has 0 saturated heterocycles. The number of benzene rings is 1. The minimum Gasteiger partial charge on any atom is -1.00 e. The first kappa shape index (κ1) is 30.2. The van der Waals surface area contributed by atoms with E-state index in [-0.39, 0.29) is 30.2 Å². The Balaban J connectivity index is 0. The quantitative estimate of drug-likeness (QED) is 0.354. The summed E-state index contributed by atoms with van der Waals surface area (Å²) in [6, 6.07) is 23.1. The van der Waals surface area contributed by atoms with Gasteiger partial charge in [0.15, 0.2) is 8.32 Å². The molecule has 28 heavy (non-hydrogen) atoms. The zero-order valence-corrected chi connectivity index (χ0v) is 23.8. The summed E-state index contributed by atoms with van der Waals surface area (Å²) < 4.78 is 5.95. The number of halogens is 2. The first-order chi connectivity index (χ1) is 12.2. The summed E-state index contributed by atoms with van der Waals surface area (Å²) in [4.78, 5) is 0. The normalized spacial score (nSPS) is 11.0. The second-order valence-electron chi connectivity index (χ2n) is 7.69. The van der Waals surface area contributed by atoms with Crippen molar-refractivity contribution in [3.63, 3.8) is 0 Å². The molecule has 0 aromatic heterocycles. The summed E-state index contributed by atoms with van der Waals surface area (Å²) in [7, 11) is -1.35. The third-order valence-electron chi connectivity index (χ3n) is 3.36. The molecule has 1 atom stereocenters. The largest absolute Gasteiger partial charge is 1.00 e. The molecule has 0 fully saturated rings. The molecule has 0 aliphatic heterocycles. The molecule has 0 aliphatic rings. The van der Waals surface area contributed by atoms with Crippen LogP contribution in [0.15, 0.2) is 66.7 Å². The van der Waals surface area contributed by atoms with Crippen molar-refractivity contribution in [3.8, 4) is 0 Å². The number of fused-ring (bicyclic) bond motifs is 1. The topological polar surface area (TPSA) is 9.23 Å². The Hall–Kier alpha value is 0.0369. The van der Waals surface area contributed by atoms with Gasteiger partial charge in [0.2, 0.25) is 0 Å². The molecule has 0 amide bonds. The van der Waals surface area contributed by atoms with Crippen LogP contribution in [0.3, 0.4) is 0 Å². The van der Waals surface area contributed by atoms with Gasteiger partial charge in [-0.15, -0.1) is 29.7 Å². The van der Waals surface area contributed by atoms with Gasteiger partial charge >= 0.3 is 41.9 Å². The summed E-state index contributed by atoms with van der Waals surface area (Å²) in [6.45, 7) is 13.5. The molecule has 1 nitrogen and oxygen atoms in total. The minimum absolute atomic E-state index is 0. The van der Waals surface area contributed by atoms with Crippen LogP contribution < -0.4 is 24.8 Å². The number of hydrogen-bond acceptors (Lipinski definition) is 1. The van der Waals surface area contributed by atoms with E-state index < -0.39 is 8.32 Å². The molecular formula is C22H32Cl2OSi2Zr-2. The molecule has 0 spiro atoms. The smallest absolute Gasteiger partial charge is 0.0809 e. The molecule has 0 bridgehead atoms. The minimum atomic E-state index is -1.35. The van der Waals surface area contributed by atoms with Crippen molar-refractivity contribution in [2.75, 3.05) is 0 Å². The maximum Gasteiger partial charge on any atom is -0.0809 e. The maximum atomic E-state index is 5.95. The standard InChI is InChI=1S/C11H19OSi.C9H7.C2H6Si.2ClH.Zr/c1-10(12-13(2,3)4)9-11-7-5-6-8-11;1-2-5-9-7-3-6-8(9)4-1;1-3-2;;;/h5-8,10H,9H2,1-4H3;1-7H;1-2H3;2*1H;/q2*-1;;;;+2/p-2. The molecule has 3 aromatic rings. The van der Waals surface area contributed by atoms with Gasteiger partial charge in [-0.1, -0.05) is 6.07 Å². The van der Waals surface area contributed by atoms with E-state index in [1.165, 1.54) is 16.3 Å².